The average molecular weight is 469 g/mol. The van der Waals surface area contributed by atoms with Gasteiger partial charge in [-0.25, -0.2) is 8.42 Å². The van der Waals surface area contributed by atoms with Crippen LogP contribution in [0.4, 0.5) is 0 Å². The minimum atomic E-state index is -4.13. The van der Waals surface area contributed by atoms with Crippen molar-refractivity contribution in [2.24, 2.45) is 0 Å². The summed E-state index contributed by atoms with van der Waals surface area (Å²) in [5, 5.41) is 0. The van der Waals surface area contributed by atoms with Crippen molar-refractivity contribution in [3.63, 3.8) is 0 Å². The first kappa shape index (κ1) is 22.1. The molecule has 1 aliphatic heterocycles. The van der Waals surface area contributed by atoms with Crippen molar-refractivity contribution in [2.45, 2.75) is 16.6 Å². The zero-order valence-electron chi connectivity index (χ0n) is 18.7. The van der Waals surface area contributed by atoms with Crippen molar-refractivity contribution in [1.82, 2.24) is 9.21 Å². The number of benzene rings is 4. The molecule has 0 spiro atoms. The fourth-order valence-electron chi connectivity index (χ4n) is 4.86. The molecule has 0 N–H and O–H groups in total. The molecule has 170 valence electrons. The van der Waals surface area contributed by atoms with Crippen LogP contribution in [-0.2, 0) is 20.5 Å². The van der Waals surface area contributed by atoms with E-state index in [1.807, 2.05) is 78.9 Å². The van der Waals surface area contributed by atoms with E-state index >= 15 is 0 Å². The van der Waals surface area contributed by atoms with Gasteiger partial charge in [-0.1, -0.05) is 109 Å². The van der Waals surface area contributed by atoms with Gasteiger partial charge in [-0.15, -0.1) is 4.31 Å². The van der Waals surface area contributed by atoms with Crippen molar-refractivity contribution in [2.75, 3.05) is 7.05 Å². The quantitative estimate of drug-likeness (QED) is 0.423. The molecule has 0 radical (unpaired) electrons. The lowest BCUT2D eigenvalue weighted by Crippen LogP contribution is -2.53. The predicted octanol–water partition coefficient (Wildman–Crippen LogP) is 4.79. The smallest absolute Gasteiger partial charge is 0.247 e. The molecule has 1 heterocycles. The molecule has 0 aromatic heterocycles. The van der Waals surface area contributed by atoms with E-state index in [2.05, 4.69) is 0 Å². The largest absolute Gasteiger partial charge is 0.317 e. The Balaban J connectivity index is 1.90. The average Bonchev–Trinajstić information content (AvgIpc) is 3.14. The first-order valence-corrected chi connectivity index (χ1v) is 12.5. The van der Waals surface area contributed by atoms with Crippen LogP contribution in [0.15, 0.2) is 126 Å². The Bertz CT molecular complexity index is 1350. The van der Waals surface area contributed by atoms with Gasteiger partial charge in [-0.05, 0) is 28.8 Å². The predicted molar refractivity (Wildman–Crippen MR) is 131 cm³/mol. The van der Waals surface area contributed by atoms with Crippen LogP contribution >= 0.6 is 0 Å². The van der Waals surface area contributed by atoms with Gasteiger partial charge in [0.15, 0.2) is 5.66 Å². The van der Waals surface area contributed by atoms with E-state index in [0.717, 1.165) is 0 Å². The normalized spacial score (nSPS) is 18.2. The highest BCUT2D eigenvalue weighted by Gasteiger charge is 2.62. The summed E-state index contributed by atoms with van der Waals surface area (Å²) in [5.41, 5.74) is 0.618. The van der Waals surface area contributed by atoms with Gasteiger partial charge >= 0.3 is 0 Å². The molecule has 6 heteroatoms. The summed E-state index contributed by atoms with van der Waals surface area (Å²) in [6.45, 7) is 0. The zero-order valence-corrected chi connectivity index (χ0v) is 19.5. The van der Waals surface area contributed by atoms with Crippen LogP contribution in [0.1, 0.15) is 22.7 Å². The number of nitrogens with zero attached hydrogens (tertiary/aromatic N) is 2. The van der Waals surface area contributed by atoms with E-state index in [1.54, 1.807) is 54.4 Å². The van der Waals surface area contributed by atoms with Crippen molar-refractivity contribution < 1.29 is 13.2 Å². The second-order valence-corrected chi connectivity index (χ2v) is 10.0. The van der Waals surface area contributed by atoms with Crippen LogP contribution in [0.25, 0.3) is 0 Å². The van der Waals surface area contributed by atoms with Crippen molar-refractivity contribution >= 4 is 15.9 Å². The first-order chi connectivity index (χ1) is 16.5. The molecule has 4 aromatic rings. The summed E-state index contributed by atoms with van der Waals surface area (Å²) in [5.74, 6) is -0.293. The molecular formula is C28H24N2O3S. The molecule has 1 amide bonds. The monoisotopic (exact) mass is 468 g/mol. The fraction of sp³-hybridized carbons (Fsp3) is 0.107. The number of carbonyl (C=O) groups excluding carboxylic acids is 1. The third kappa shape index (κ3) is 3.26. The maximum absolute atomic E-state index is 14.4. The van der Waals surface area contributed by atoms with Gasteiger partial charge in [0.2, 0.25) is 15.9 Å². The van der Waals surface area contributed by atoms with E-state index in [0.29, 0.717) is 16.7 Å². The van der Waals surface area contributed by atoms with Gasteiger partial charge in [0, 0.05) is 7.05 Å². The van der Waals surface area contributed by atoms with Crippen molar-refractivity contribution in [3.05, 3.63) is 138 Å². The summed E-state index contributed by atoms with van der Waals surface area (Å²) < 4.78 is 30.2. The van der Waals surface area contributed by atoms with Crippen molar-refractivity contribution in [1.29, 1.82) is 0 Å². The molecule has 4 aromatic carbocycles. The number of sulfonamides is 1. The van der Waals surface area contributed by atoms with Crippen LogP contribution in [0, 0.1) is 0 Å². The molecular weight excluding hydrogens is 444 g/mol. The Labute approximate surface area is 199 Å². The standard InChI is InChI=1S/C28H24N2O3S/c1-29-27(31)26(22-14-6-2-7-15-22)30(34(32,33)25-20-12-5-13-21-25)28(29,23-16-8-3-9-17-23)24-18-10-4-11-19-24/h2-21,26H,1H3. The molecule has 0 saturated carbocycles. The summed E-state index contributed by atoms with van der Waals surface area (Å²) in [6.07, 6.45) is 0. The second-order valence-electron chi connectivity index (χ2n) is 8.23. The lowest BCUT2D eigenvalue weighted by atomic mass is 9.90. The highest BCUT2D eigenvalue weighted by atomic mass is 32.2. The Hall–Kier alpha value is -3.74. The number of carbonyl (C=O) groups is 1. The summed E-state index contributed by atoms with van der Waals surface area (Å²) in [7, 11) is -2.46. The second kappa shape index (κ2) is 8.56. The van der Waals surface area contributed by atoms with Gasteiger partial charge in [-0.2, -0.15) is 0 Å². The van der Waals surface area contributed by atoms with Crippen LogP contribution in [-0.4, -0.2) is 30.6 Å². The zero-order chi connectivity index (χ0) is 23.8. The number of hydrogen-bond donors (Lipinski definition) is 0. The molecule has 1 unspecified atom stereocenters. The summed E-state index contributed by atoms with van der Waals surface area (Å²) in [4.78, 5) is 15.7. The van der Waals surface area contributed by atoms with Crippen LogP contribution in [0.5, 0.6) is 0 Å². The van der Waals surface area contributed by atoms with Gasteiger partial charge in [-0.3, -0.25) is 4.79 Å². The third-order valence-corrected chi connectivity index (χ3v) is 8.23. The molecule has 0 aliphatic carbocycles. The Morgan fingerprint density at radius 1 is 0.647 bits per heavy atom. The number of rotatable bonds is 5. The maximum atomic E-state index is 14.4. The summed E-state index contributed by atoms with van der Waals surface area (Å²) >= 11 is 0. The molecule has 1 saturated heterocycles. The molecule has 34 heavy (non-hydrogen) atoms. The van der Waals surface area contributed by atoms with E-state index in [4.69, 9.17) is 0 Å². The minimum Gasteiger partial charge on any atom is -0.317 e. The van der Waals surface area contributed by atoms with E-state index < -0.39 is 21.7 Å². The number of amides is 1. The topological polar surface area (TPSA) is 57.7 Å². The molecule has 5 nitrogen and oxygen atoms in total. The van der Waals surface area contributed by atoms with Crippen LogP contribution in [0.2, 0.25) is 0 Å². The van der Waals surface area contributed by atoms with Gasteiger partial charge in [0.1, 0.15) is 6.04 Å². The Kier molecular flexibility index (Phi) is 5.55. The fourth-order valence-corrected chi connectivity index (χ4v) is 6.76. The number of likely N-dealkylation sites (N-methyl/N-ethyl adjacent to an activating group) is 1. The Morgan fingerprint density at radius 3 is 1.53 bits per heavy atom. The third-order valence-electron chi connectivity index (χ3n) is 6.37. The summed E-state index contributed by atoms with van der Waals surface area (Å²) in [6, 6.07) is 35.1. The highest BCUT2D eigenvalue weighted by molar-refractivity contribution is 7.89. The maximum Gasteiger partial charge on any atom is 0.247 e. The SMILES string of the molecule is CN1C(=O)C(c2ccccc2)N(S(=O)(=O)c2ccccc2)C1(c1ccccc1)c1ccccc1. The molecule has 1 atom stereocenters. The van der Waals surface area contributed by atoms with Gasteiger partial charge in [0.05, 0.1) is 4.90 Å². The first-order valence-electron chi connectivity index (χ1n) is 11.0. The van der Waals surface area contributed by atoms with Crippen LogP contribution < -0.4 is 0 Å². The molecule has 1 fully saturated rings. The van der Waals surface area contributed by atoms with Gasteiger partial charge < -0.3 is 4.90 Å². The lowest BCUT2D eigenvalue weighted by molar-refractivity contribution is -0.130. The molecule has 5 rings (SSSR count). The molecule has 1 aliphatic rings. The molecule has 0 bridgehead atoms. The van der Waals surface area contributed by atoms with Crippen LogP contribution in [0.3, 0.4) is 0 Å². The van der Waals surface area contributed by atoms with Gasteiger partial charge in [0.25, 0.3) is 0 Å². The van der Waals surface area contributed by atoms with E-state index in [-0.39, 0.29) is 10.8 Å². The van der Waals surface area contributed by atoms with Crippen molar-refractivity contribution in [3.8, 4) is 0 Å². The minimum absolute atomic E-state index is 0.135. The lowest BCUT2D eigenvalue weighted by Gasteiger charge is -2.43. The highest BCUT2D eigenvalue weighted by Crippen LogP contribution is 2.52. The van der Waals surface area contributed by atoms with E-state index in [1.165, 1.54) is 4.31 Å². The number of hydrogen-bond acceptors (Lipinski definition) is 3. The Morgan fingerprint density at radius 2 is 1.06 bits per heavy atom. The van der Waals surface area contributed by atoms with E-state index in [9.17, 15) is 13.2 Å².